The Morgan fingerprint density at radius 1 is 1.44 bits per heavy atom. The molecular formula is C7H9NRa. The van der Waals surface area contributed by atoms with Gasteiger partial charge in [0.2, 0.25) is 0 Å². The third-order valence-corrected chi connectivity index (χ3v) is 5.87. The van der Waals surface area contributed by atoms with Crippen LogP contribution in [0, 0.1) is 56.6 Å². The maximum atomic E-state index is 4.24. The summed E-state index contributed by atoms with van der Waals surface area (Å²) in [7, 11) is 0. The van der Waals surface area contributed by atoms with Crippen LogP contribution >= 0.6 is 0 Å². The molecule has 0 atom stereocenters. The molecule has 1 rings (SSSR count). The van der Waals surface area contributed by atoms with E-state index in [-0.39, 0.29) is 0 Å². The molecule has 0 bridgehead atoms. The zero-order valence-corrected chi connectivity index (χ0v) is 14.3. The Kier molecular flexibility index (Phi) is 2.69. The van der Waals surface area contributed by atoms with Crippen LogP contribution in [0.3, 0.4) is 0 Å². The zero-order chi connectivity index (χ0) is 6.85. The van der Waals surface area contributed by atoms with Crippen molar-refractivity contribution in [3.05, 3.63) is 23.4 Å². The van der Waals surface area contributed by atoms with Gasteiger partial charge in [-0.2, -0.15) is 0 Å². The molecule has 0 aromatic carbocycles. The van der Waals surface area contributed by atoms with Crippen molar-refractivity contribution in [2.24, 2.45) is 0 Å². The van der Waals surface area contributed by atoms with E-state index in [4.69, 9.17) is 0 Å². The average molecular weight is 333 g/mol. The van der Waals surface area contributed by atoms with Crippen LogP contribution in [0.4, 0.5) is 0 Å². The van der Waals surface area contributed by atoms with Crippen molar-refractivity contribution in [3.63, 3.8) is 0 Å². The Hall–Kier alpha value is 0.618. The Morgan fingerprint density at radius 2 is 2.11 bits per heavy atom. The van der Waals surface area contributed by atoms with E-state index >= 15 is 0 Å². The number of hydrogen-bond donors (Lipinski definition) is 0. The summed E-state index contributed by atoms with van der Waals surface area (Å²) in [6.07, 6.45) is 1.90. The molecule has 0 aliphatic heterocycles. The van der Waals surface area contributed by atoms with Gasteiger partial charge in [-0.15, -0.1) is 0 Å². The van der Waals surface area contributed by atoms with Crippen LogP contribution in [-0.2, 0) is 0 Å². The van der Waals surface area contributed by atoms with Crippen LogP contribution in [0.25, 0.3) is 0 Å². The molecule has 1 aromatic heterocycles. The second-order valence-electron chi connectivity index (χ2n) is 2.34. The fourth-order valence-electron chi connectivity index (χ4n) is 0.768. The number of rotatable bonds is 0. The van der Waals surface area contributed by atoms with E-state index in [1.165, 1.54) is 11.9 Å². The van der Waals surface area contributed by atoms with E-state index in [0.717, 1.165) is 0 Å². The molecule has 0 aliphatic carbocycles. The van der Waals surface area contributed by atoms with Crippen molar-refractivity contribution in [3.8, 4) is 0 Å². The molecule has 0 radical (unpaired) electrons. The van der Waals surface area contributed by atoms with Gasteiger partial charge in [-0.1, -0.05) is 0 Å². The Labute approximate surface area is 84.6 Å². The van der Waals surface area contributed by atoms with Crippen molar-refractivity contribution in [1.29, 1.82) is 0 Å². The second kappa shape index (κ2) is 3.14. The van der Waals surface area contributed by atoms with Crippen LogP contribution in [0.2, 0.25) is 0 Å². The zero-order valence-electron chi connectivity index (χ0n) is 6.10. The van der Waals surface area contributed by atoms with Crippen molar-refractivity contribution in [1.82, 2.24) is 4.98 Å². The molecular weight excluding hydrogens is 324 g/mol. The number of pyridine rings is 1. The molecule has 9 heavy (non-hydrogen) atoms. The van der Waals surface area contributed by atoms with Gasteiger partial charge in [-0.3, -0.25) is 0 Å². The third kappa shape index (κ3) is 1.77. The molecule has 2 heteroatoms. The Balaban J connectivity index is 3.25. The quantitative estimate of drug-likeness (QED) is 0.678. The summed E-state index contributed by atoms with van der Waals surface area (Å²) in [6, 6.07) is 2.07. The van der Waals surface area contributed by atoms with Crippen molar-refractivity contribution in [2.75, 3.05) is 0 Å². The fourth-order valence-corrected chi connectivity index (χ4v) is 3.00. The van der Waals surface area contributed by atoms with Crippen molar-refractivity contribution in [2.45, 2.75) is 13.8 Å². The molecule has 0 spiro atoms. The minimum absolute atomic E-state index is 0.432. The molecule has 0 fully saturated rings. The summed E-state index contributed by atoms with van der Waals surface area (Å²) >= 11 is 0.432. The molecule has 0 aliphatic rings. The first-order valence-electron chi connectivity index (χ1n) is 3.10. The van der Waals surface area contributed by atoms with E-state index in [9.17, 15) is 0 Å². The molecule has 44 valence electrons. The Bertz CT molecular complexity index is 200. The van der Waals surface area contributed by atoms with Crippen molar-refractivity contribution >= 4 is 0.735 Å². The van der Waals surface area contributed by atoms with E-state index in [1.54, 1.807) is 0 Å². The minimum atomic E-state index is 0.432. The third-order valence-electron chi connectivity index (χ3n) is 1.73. The SMILES string of the molecule is Cc1ccn[c]([RaH])c1C. The first-order valence-corrected chi connectivity index (χ1v) is 7.21. The fraction of sp³-hybridized carbons (Fsp3) is 0.286. The number of aryl methyl sites for hydroxylation is 1. The summed E-state index contributed by atoms with van der Waals surface area (Å²) in [5.74, 6) is 0. The molecule has 1 heterocycles. The summed E-state index contributed by atoms with van der Waals surface area (Å²) in [5, 5.41) is 0. The van der Waals surface area contributed by atoms with Crippen LogP contribution in [-0.4, -0.2) is 4.98 Å². The van der Waals surface area contributed by atoms with Crippen molar-refractivity contribution < 1.29 is 42.8 Å². The topological polar surface area (TPSA) is 12.9 Å². The van der Waals surface area contributed by atoms with Gasteiger partial charge in [-0.25, -0.2) is 0 Å². The number of aromatic nitrogens is 1. The Morgan fingerprint density at radius 3 is 2.56 bits per heavy atom. The van der Waals surface area contributed by atoms with Crippen LogP contribution < -0.4 is 0.735 Å². The van der Waals surface area contributed by atoms with Gasteiger partial charge in [0.1, 0.15) is 0 Å². The maximum absolute atomic E-state index is 4.24. The molecule has 1 nitrogen and oxygen atoms in total. The first-order chi connectivity index (χ1) is 4.22. The van der Waals surface area contributed by atoms with Gasteiger partial charge in [-0.05, 0) is 0 Å². The summed E-state index contributed by atoms with van der Waals surface area (Å²) in [4.78, 5) is 4.24. The number of hydrogen-bond acceptors (Lipinski definition) is 1. The predicted molar refractivity (Wildman–Crippen MR) is 34.7 cm³/mol. The average Bonchev–Trinajstić information content (AvgIpc) is 1.83. The summed E-state index contributed by atoms with van der Waals surface area (Å²) in [5.41, 5.74) is 2.78. The van der Waals surface area contributed by atoms with Gasteiger partial charge < -0.3 is 0 Å². The predicted octanol–water partition coefficient (Wildman–Crippen LogP) is 0.605. The van der Waals surface area contributed by atoms with Gasteiger partial charge in [0, 0.05) is 0 Å². The molecule has 0 unspecified atom stereocenters. The normalized spacial score (nSPS) is 9.44. The molecule has 0 saturated heterocycles. The van der Waals surface area contributed by atoms with Crippen LogP contribution in [0.1, 0.15) is 11.1 Å². The van der Waals surface area contributed by atoms with E-state index in [2.05, 4.69) is 24.9 Å². The monoisotopic (exact) mass is 333 g/mol. The van der Waals surface area contributed by atoms with E-state index in [1.807, 2.05) is 6.20 Å². The van der Waals surface area contributed by atoms with Gasteiger partial charge >= 0.3 is 85.7 Å². The molecule has 1 aromatic rings. The van der Waals surface area contributed by atoms with Gasteiger partial charge in [0.05, 0.1) is 0 Å². The van der Waals surface area contributed by atoms with Crippen LogP contribution in [0.15, 0.2) is 12.3 Å². The molecule has 0 amide bonds. The van der Waals surface area contributed by atoms with Gasteiger partial charge in [0.15, 0.2) is 0 Å². The standard InChI is InChI=1S/C7H8N.Ra.H/c1-6-3-4-8-5-7(6)2;;/h3-4H,1-2H3;;. The van der Waals surface area contributed by atoms with Gasteiger partial charge in [0.25, 0.3) is 0 Å². The van der Waals surface area contributed by atoms with E-state index in [0.29, 0.717) is 42.8 Å². The first kappa shape index (κ1) is 7.72. The molecule has 0 N–H and O–H groups in total. The second-order valence-corrected chi connectivity index (χ2v) is 6.23. The van der Waals surface area contributed by atoms with Crippen LogP contribution in [0.5, 0.6) is 0 Å². The number of nitrogens with zero attached hydrogens (tertiary/aromatic N) is 1. The summed E-state index contributed by atoms with van der Waals surface area (Å²) < 4.78 is 1.36. The summed E-state index contributed by atoms with van der Waals surface area (Å²) in [6.45, 7) is 4.29. The molecule has 0 saturated carbocycles. The van der Waals surface area contributed by atoms with E-state index < -0.39 is 0 Å².